The zero-order valence-corrected chi connectivity index (χ0v) is 8.33. The fourth-order valence-corrected chi connectivity index (χ4v) is 2.16. The van der Waals surface area contributed by atoms with E-state index in [-0.39, 0.29) is 0 Å². The van der Waals surface area contributed by atoms with Crippen LogP contribution in [-0.2, 0) is 0 Å². The van der Waals surface area contributed by atoms with E-state index in [4.69, 9.17) is 0 Å². The number of aromatic nitrogens is 1. The summed E-state index contributed by atoms with van der Waals surface area (Å²) in [5, 5.41) is 0. The SMILES string of the molecule is Cc1cnccc1[C@H]1CCCN1C. The van der Waals surface area contributed by atoms with Gasteiger partial charge in [-0.25, -0.2) is 0 Å². The van der Waals surface area contributed by atoms with Crippen molar-refractivity contribution in [2.75, 3.05) is 13.6 Å². The Labute approximate surface area is 79.6 Å². The van der Waals surface area contributed by atoms with Gasteiger partial charge in [-0.1, -0.05) is 0 Å². The second-order valence-corrected chi connectivity index (χ2v) is 3.87. The van der Waals surface area contributed by atoms with Crippen molar-refractivity contribution in [3.8, 4) is 0 Å². The van der Waals surface area contributed by atoms with Crippen LogP contribution in [0.25, 0.3) is 0 Å². The van der Waals surface area contributed by atoms with Gasteiger partial charge in [0.05, 0.1) is 0 Å². The molecule has 13 heavy (non-hydrogen) atoms. The largest absolute Gasteiger partial charge is 0.299 e. The highest BCUT2D eigenvalue weighted by molar-refractivity contribution is 5.25. The van der Waals surface area contributed by atoms with E-state index in [9.17, 15) is 0 Å². The van der Waals surface area contributed by atoms with Gasteiger partial charge < -0.3 is 0 Å². The number of aryl methyl sites for hydroxylation is 1. The van der Waals surface area contributed by atoms with Gasteiger partial charge in [0.1, 0.15) is 0 Å². The molecule has 2 heterocycles. The molecule has 1 atom stereocenters. The lowest BCUT2D eigenvalue weighted by molar-refractivity contribution is 0.316. The minimum atomic E-state index is 0.628. The average Bonchev–Trinajstić information content (AvgIpc) is 2.52. The summed E-state index contributed by atoms with van der Waals surface area (Å²) in [5.74, 6) is 0. The van der Waals surface area contributed by atoms with Crippen LogP contribution < -0.4 is 0 Å². The van der Waals surface area contributed by atoms with Crippen molar-refractivity contribution in [1.82, 2.24) is 9.88 Å². The first-order valence-corrected chi connectivity index (χ1v) is 4.90. The van der Waals surface area contributed by atoms with Gasteiger partial charge in [0, 0.05) is 18.4 Å². The second kappa shape index (κ2) is 3.46. The van der Waals surface area contributed by atoms with Crippen LogP contribution in [0.15, 0.2) is 18.5 Å². The van der Waals surface area contributed by atoms with E-state index in [0.29, 0.717) is 6.04 Å². The van der Waals surface area contributed by atoms with Crippen molar-refractivity contribution in [1.29, 1.82) is 0 Å². The van der Waals surface area contributed by atoms with Crippen LogP contribution in [0.5, 0.6) is 0 Å². The molecule has 1 aliphatic heterocycles. The minimum absolute atomic E-state index is 0.628. The van der Waals surface area contributed by atoms with Crippen molar-refractivity contribution in [2.45, 2.75) is 25.8 Å². The van der Waals surface area contributed by atoms with E-state index < -0.39 is 0 Å². The van der Waals surface area contributed by atoms with Crippen LogP contribution >= 0.6 is 0 Å². The molecule has 70 valence electrons. The van der Waals surface area contributed by atoms with Crippen molar-refractivity contribution in [3.63, 3.8) is 0 Å². The molecule has 1 aliphatic rings. The Morgan fingerprint density at radius 2 is 2.38 bits per heavy atom. The molecule has 0 aromatic carbocycles. The fraction of sp³-hybridized carbons (Fsp3) is 0.545. The van der Waals surface area contributed by atoms with Crippen LogP contribution in [-0.4, -0.2) is 23.5 Å². The molecule has 0 amide bonds. The fourth-order valence-electron chi connectivity index (χ4n) is 2.16. The van der Waals surface area contributed by atoms with Gasteiger partial charge in [0.2, 0.25) is 0 Å². The van der Waals surface area contributed by atoms with Gasteiger partial charge in [-0.05, 0) is 50.6 Å². The molecule has 0 bridgehead atoms. The number of pyridine rings is 1. The molecule has 0 saturated carbocycles. The van der Waals surface area contributed by atoms with Gasteiger partial charge in [-0.15, -0.1) is 0 Å². The Morgan fingerprint density at radius 1 is 1.54 bits per heavy atom. The molecule has 2 rings (SSSR count). The Kier molecular flexibility index (Phi) is 2.32. The molecule has 1 saturated heterocycles. The lowest BCUT2D eigenvalue weighted by Gasteiger charge is -2.21. The summed E-state index contributed by atoms with van der Waals surface area (Å²) in [5.41, 5.74) is 2.77. The van der Waals surface area contributed by atoms with Gasteiger partial charge in [-0.2, -0.15) is 0 Å². The van der Waals surface area contributed by atoms with Gasteiger partial charge in [0.25, 0.3) is 0 Å². The topological polar surface area (TPSA) is 16.1 Å². The third-order valence-corrected chi connectivity index (χ3v) is 2.94. The number of nitrogens with zero attached hydrogens (tertiary/aromatic N) is 2. The molecule has 0 unspecified atom stereocenters. The minimum Gasteiger partial charge on any atom is -0.299 e. The maximum atomic E-state index is 4.12. The molecule has 0 spiro atoms. The average molecular weight is 176 g/mol. The summed E-state index contributed by atoms with van der Waals surface area (Å²) in [7, 11) is 2.21. The molecule has 2 nitrogen and oxygen atoms in total. The molecule has 1 aromatic rings. The standard InChI is InChI=1S/C11H16N2/c1-9-8-12-6-5-10(9)11-4-3-7-13(11)2/h5-6,8,11H,3-4,7H2,1-2H3/t11-/m1/s1. The maximum Gasteiger partial charge on any atom is 0.0349 e. The van der Waals surface area contributed by atoms with Gasteiger partial charge in [-0.3, -0.25) is 9.88 Å². The van der Waals surface area contributed by atoms with Crippen molar-refractivity contribution >= 4 is 0 Å². The number of hydrogen-bond donors (Lipinski definition) is 0. The first-order chi connectivity index (χ1) is 6.29. The van der Waals surface area contributed by atoms with E-state index in [1.807, 2.05) is 12.4 Å². The highest BCUT2D eigenvalue weighted by Gasteiger charge is 2.23. The van der Waals surface area contributed by atoms with Crippen molar-refractivity contribution in [2.24, 2.45) is 0 Å². The van der Waals surface area contributed by atoms with E-state index in [1.54, 1.807) is 0 Å². The second-order valence-electron chi connectivity index (χ2n) is 3.87. The lowest BCUT2D eigenvalue weighted by atomic mass is 10.0. The number of rotatable bonds is 1. The third kappa shape index (κ3) is 1.59. The predicted octanol–water partition coefficient (Wildman–Crippen LogP) is 2.16. The maximum absolute atomic E-state index is 4.12. The Hall–Kier alpha value is -0.890. The summed E-state index contributed by atoms with van der Waals surface area (Å²) < 4.78 is 0. The third-order valence-electron chi connectivity index (χ3n) is 2.94. The van der Waals surface area contributed by atoms with Gasteiger partial charge >= 0.3 is 0 Å². The summed E-state index contributed by atoms with van der Waals surface area (Å²) in [6.45, 7) is 3.38. The lowest BCUT2D eigenvalue weighted by Crippen LogP contribution is -2.18. The molecule has 0 radical (unpaired) electrons. The summed E-state index contributed by atoms with van der Waals surface area (Å²) >= 11 is 0. The Bertz CT molecular complexity index is 296. The molecule has 1 fully saturated rings. The van der Waals surface area contributed by atoms with Crippen LogP contribution in [0, 0.1) is 6.92 Å². The quantitative estimate of drug-likeness (QED) is 0.652. The Morgan fingerprint density at radius 3 is 3.00 bits per heavy atom. The van der Waals surface area contributed by atoms with E-state index >= 15 is 0 Å². The van der Waals surface area contributed by atoms with Crippen molar-refractivity contribution < 1.29 is 0 Å². The van der Waals surface area contributed by atoms with Crippen LogP contribution in [0.1, 0.15) is 30.0 Å². The van der Waals surface area contributed by atoms with Crippen LogP contribution in [0.2, 0.25) is 0 Å². The van der Waals surface area contributed by atoms with E-state index in [1.165, 1.54) is 30.5 Å². The first-order valence-electron chi connectivity index (χ1n) is 4.90. The first kappa shape index (κ1) is 8.70. The molecule has 2 heteroatoms. The number of likely N-dealkylation sites (tertiary alicyclic amines) is 1. The highest BCUT2D eigenvalue weighted by atomic mass is 15.1. The summed E-state index contributed by atoms with van der Waals surface area (Å²) in [6, 6.07) is 2.78. The van der Waals surface area contributed by atoms with Crippen LogP contribution in [0.3, 0.4) is 0 Å². The number of hydrogen-bond acceptors (Lipinski definition) is 2. The normalized spacial score (nSPS) is 23.7. The van der Waals surface area contributed by atoms with Crippen molar-refractivity contribution in [3.05, 3.63) is 29.6 Å². The Balaban J connectivity index is 2.29. The zero-order valence-electron chi connectivity index (χ0n) is 8.33. The molecule has 1 aromatic heterocycles. The summed E-state index contributed by atoms with van der Waals surface area (Å²) in [6.07, 6.45) is 6.47. The van der Waals surface area contributed by atoms with Gasteiger partial charge in [0.15, 0.2) is 0 Å². The predicted molar refractivity (Wildman–Crippen MR) is 53.6 cm³/mol. The van der Waals surface area contributed by atoms with Crippen LogP contribution in [0.4, 0.5) is 0 Å². The molecule has 0 N–H and O–H groups in total. The molecule has 0 aliphatic carbocycles. The van der Waals surface area contributed by atoms with E-state index in [0.717, 1.165) is 0 Å². The highest BCUT2D eigenvalue weighted by Crippen LogP contribution is 2.31. The van der Waals surface area contributed by atoms with E-state index in [2.05, 4.69) is 29.9 Å². The smallest absolute Gasteiger partial charge is 0.0349 e. The summed E-state index contributed by atoms with van der Waals surface area (Å²) in [4.78, 5) is 6.56. The zero-order chi connectivity index (χ0) is 9.26. The molecular formula is C11H16N2. The molecular weight excluding hydrogens is 160 g/mol. The monoisotopic (exact) mass is 176 g/mol.